The standard InChI is InChI=1S/C54H50N3O/c1-35-14-25-46-43(30-35)33-48(55-46)41-21-17-39(18-22-41)26-28-54(4)29-27-49-51(34-54)58-50-32-40(31-36(2)53(50)57(49)44-10-6-5-7-11-44)16-15-38-19-23-42(24-20-38)52-37(3)45-12-8-9-13-47(45)56-52/h5-29,32-33,35-37,45-46H,30-31,34H2,1-4H3/q+1. The van der Waals surface area contributed by atoms with Crippen molar-refractivity contribution < 1.29 is 4.74 Å². The zero-order valence-electron chi connectivity index (χ0n) is 33.8. The Labute approximate surface area is 343 Å². The zero-order valence-corrected chi connectivity index (χ0v) is 33.8. The number of rotatable bonds is 7. The number of para-hydroxylation sites is 1. The number of aliphatic imine (C=N–C) groups is 1. The Balaban J connectivity index is 0.874. The maximum Gasteiger partial charge on any atom is 0.315 e. The third-order valence-corrected chi connectivity index (χ3v) is 12.7. The second kappa shape index (κ2) is 14.6. The average molecular weight is 757 g/mol. The summed E-state index contributed by atoms with van der Waals surface area (Å²) in [6, 6.07) is 28.7. The van der Waals surface area contributed by atoms with Crippen LogP contribution in [0.4, 0.5) is 5.69 Å². The molecule has 6 unspecified atom stereocenters. The van der Waals surface area contributed by atoms with Gasteiger partial charge >= 0.3 is 11.4 Å². The molecule has 0 N–H and O–H groups in total. The highest BCUT2D eigenvalue weighted by atomic mass is 16.5. The van der Waals surface area contributed by atoms with Crippen LogP contribution in [0.1, 0.15) is 69.2 Å². The molecule has 10 rings (SSSR count). The van der Waals surface area contributed by atoms with Crippen molar-refractivity contribution in [1.82, 2.24) is 4.67 Å². The van der Waals surface area contributed by atoms with Crippen LogP contribution in [-0.2, 0) is 4.74 Å². The highest BCUT2D eigenvalue weighted by Crippen LogP contribution is 2.48. The summed E-state index contributed by atoms with van der Waals surface area (Å²) in [7, 11) is 0. The van der Waals surface area contributed by atoms with Crippen molar-refractivity contribution in [3.8, 4) is 0 Å². The van der Waals surface area contributed by atoms with Crippen LogP contribution in [0.3, 0.4) is 0 Å². The minimum atomic E-state index is -0.207. The van der Waals surface area contributed by atoms with Crippen LogP contribution < -0.4 is 9.57 Å². The lowest BCUT2D eigenvalue weighted by atomic mass is 9.80. The predicted octanol–water partition coefficient (Wildman–Crippen LogP) is 11.7. The quantitative estimate of drug-likeness (QED) is 0.178. The molecule has 58 heavy (non-hydrogen) atoms. The van der Waals surface area contributed by atoms with Crippen LogP contribution in [0.2, 0.25) is 0 Å². The highest BCUT2D eigenvalue weighted by Gasteiger charge is 2.42. The van der Waals surface area contributed by atoms with E-state index in [1.165, 1.54) is 50.5 Å². The number of hydrogen-bond donors (Lipinski definition) is 0. The van der Waals surface area contributed by atoms with Gasteiger partial charge in [0.1, 0.15) is 11.5 Å². The predicted molar refractivity (Wildman–Crippen MR) is 242 cm³/mol. The summed E-state index contributed by atoms with van der Waals surface area (Å²) in [5, 5.41) is 0. The van der Waals surface area contributed by atoms with Crippen LogP contribution >= 0.6 is 0 Å². The lowest BCUT2D eigenvalue weighted by Crippen LogP contribution is -2.35. The molecule has 0 amide bonds. The van der Waals surface area contributed by atoms with Gasteiger partial charge in [-0.25, -0.2) is 0 Å². The Morgan fingerprint density at radius 2 is 1.57 bits per heavy atom. The van der Waals surface area contributed by atoms with E-state index in [-0.39, 0.29) is 17.4 Å². The molecule has 0 spiro atoms. The van der Waals surface area contributed by atoms with E-state index >= 15 is 0 Å². The minimum Gasteiger partial charge on any atom is -0.458 e. The minimum absolute atomic E-state index is 0.207. The molecule has 3 aromatic carbocycles. The summed E-state index contributed by atoms with van der Waals surface area (Å²) in [5.41, 5.74) is 14.2. The molecule has 6 atom stereocenters. The third kappa shape index (κ3) is 6.82. The van der Waals surface area contributed by atoms with E-state index < -0.39 is 0 Å². The van der Waals surface area contributed by atoms with Gasteiger partial charge in [-0.3, -0.25) is 4.99 Å². The van der Waals surface area contributed by atoms with Crippen molar-refractivity contribution in [3.05, 3.63) is 208 Å². The monoisotopic (exact) mass is 756 g/mol. The van der Waals surface area contributed by atoms with E-state index in [1.54, 1.807) is 0 Å². The Kier molecular flexibility index (Phi) is 9.11. The first kappa shape index (κ1) is 36.1. The molecule has 0 bridgehead atoms. The number of fused-ring (bicyclic) bond motifs is 2. The number of benzene rings is 3. The first-order chi connectivity index (χ1) is 28.3. The fourth-order valence-corrected chi connectivity index (χ4v) is 9.51. The van der Waals surface area contributed by atoms with Gasteiger partial charge in [-0.05, 0) is 89.1 Å². The average Bonchev–Trinajstić information content (AvgIpc) is 3.82. The van der Waals surface area contributed by atoms with Crippen LogP contribution in [-0.4, -0.2) is 23.2 Å². The summed E-state index contributed by atoms with van der Waals surface area (Å²) in [6.07, 6.45) is 34.3. The van der Waals surface area contributed by atoms with Crippen molar-refractivity contribution in [2.45, 2.75) is 53.0 Å². The maximum atomic E-state index is 6.96. The van der Waals surface area contributed by atoms with Crippen molar-refractivity contribution in [1.29, 1.82) is 0 Å². The Hall–Kier alpha value is -6.22. The first-order valence-electron chi connectivity index (χ1n) is 21.0. The fraction of sp³-hybridized carbons (Fsp3) is 0.241. The van der Waals surface area contributed by atoms with Crippen molar-refractivity contribution >= 4 is 35.0 Å². The van der Waals surface area contributed by atoms with E-state index in [4.69, 9.17) is 14.4 Å². The van der Waals surface area contributed by atoms with E-state index in [1.807, 2.05) is 0 Å². The van der Waals surface area contributed by atoms with E-state index in [0.717, 1.165) is 47.9 Å². The van der Waals surface area contributed by atoms with Gasteiger partial charge in [0.05, 0.1) is 40.5 Å². The molecule has 4 nitrogen and oxygen atoms in total. The second-order valence-electron chi connectivity index (χ2n) is 17.3. The summed E-state index contributed by atoms with van der Waals surface area (Å²) < 4.78 is 12.0. The van der Waals surface area contributed by atoms with Crippen molar-refractivity contribution in [2.75, 3.05) is 4.90 Å². The molecular formula is C54H50N3O+. The fourth-order valence-electron chi connectivity index (χ4n) is 9.51. The molecule has 3 aromatic rings. The first-order valence-corrected chi connectivity index (χ1v) is 21.0. The molecule has 4 heteroatoms. The molecule has 7 aliphatic rings. The lowest BCUT2D eigenvalue weighted by Gasteiger charge is -2.42. The van der Waals surface area contributed by atoms with Crippen molar-refractivity contribution in [2.24, 2.45) is 34.1 Å². The third-order valence-electron chi connectivity index (χ3n) is 12.7. The Bertz CT molecular complexity index is 2590. The number of ether oxygens (including phenoxy) is 1. The van der Waals surface area contributed by atoms with Gasteiger partial charge in [0, 0.05) is 29.5 Å². The van der Waals surface area contributed by atoms with Crippen LogP contribution in [0.25, 0.3) is 12.2 Å². The molecule has 0 radical (unpaired) electrons. The van der Waals surface area contributed by atoms with E-state index in [2.05, 4.69) is 197 Å². The molecule has 4 aliphatic carbocycles. The number of nitrogens with zero attached hydrogens (tertiary/aromatic N) is 3. The maximum absolute atomic E-state index is 6.96. The van der Waals surface area contributed by atoms with E-state index in [0.29, 0.717) is 17.8 Å². The normalized spacial score (nSPS) is 28.2. The summed E-state index contributed by atoms with van der Waals surface area (Å²) >= 11 is 0. The smallest absolute Gasteiger partial charge is 0.315 e. The molecular weight excluding hydrogens is 707 g/mol. The van der Waals surface area contributed by atoms with Crippen molar-refractivity contribution in [3.63, 3.8) is 0 Å². The number of allylic oxidation sites excluding steroid dienone is 14. The highest BCUT2D eigenvalue weighted by molar-refractivity contribution is 6.14. The summed E-state index contributed by atoms with van der Waals surface area (Å²) in [6.45, 7) is 9.18. The molecule has 3 aliphatic heterocycles. The van der Waals surface area contributed by atoms with E-state index in [9.17, 15) is 0 Å². The molecule has 0 saturated heterocycles. The van der Waals surface area contributed by atoms with Crippen LogP contribution in [0.15, 0.2) is 191 Å². The molecule has 3 heterocycles. The lowest BCUT2D eigenvalue weighted by molar-refractivity contribution is 0.252. The number of hydrogen-bond acceptors (Lipinski definition) is 3. The van der Waals surface area contributed by atoms with Gasteiger partial charge in [-0.1, -0.05) is 148 Å². The number of anilines is 1. The summed E-state index contributed by atoms with van der Waals surface area (Å²) in [5.74, 6) is 3.56. The van der Waals surface area contributed by atoms with Gasteiger partial charge < -0.3 is 9.64 Å². The molecule has 0 aromatic heterocycles. The van der Waals surface area contributed by atoms with Crippen LogP contribution in [0.5, 0.6) is 0 Å². The molecule has 0 saturated carbocycles. The zero-order chi connectivity index (χ0) is 39.4. The summed E-state index contributed by atoms with van der Waals surface area (Å²) in [4.78, 5) is 7.44. The van der Waals surface area contributed by atoms with Gasteiger partial charge in [0.15, 0.2) is 0 Å². The van der Waals surface area contributed by atoms with Crippen LogP contribution in [0, 0.1) is 29.1 Å². The van der Waals surface area contributed by atoms with Gasteiger partial charge in [-0.2, -0.15) is 0 Å². The Morgan fingerprint density at radius 1 is 0.793 bits per heavy atom. The molecule has 286 valence electrons. The van der Waals surface area contributed by atoms with Gasteiger partial charge in [-0.15, -0.1) is 0 Å². The van der Waals surface area contributed by atoms with Gasteiger partial charge in [0.2, 0.25) is 0 Å². The second-order valence-corrected chi connectivity index (χ2v) is 17.3. The Morgan fingerprint density at radius 3 is 2.36 bits per heavy atom. The SMILES string of the molecule is CC1C=CC2N=C(c3ccc(C=CC4(C)C=CC5=C(C4)OC4=C(C(C)CC(C=Cc6ccc(C7=[N+]=C8C=CC=CC8C7C)cc6)=C4)N5c4ccccc4)cc3)C=C2C1. The largest absolute Gasteiger partial charge is 0.458 e. The van der Waals surface area contributed by atoms with Gasteiger partial charge in [0.25, 0.3) is 0 Å². The topological polar surface area (TPSA) is 38.9 Å². The molecule has 0 fully saturated rings.